The van der Waals surface area contributed by atoms with Crippen molar-refractivity contribution in [2.24, 2.45) is 11.8 Å². The number of aromatic nitrogens is 1. The second-order valence-electron chi connectivity index (χ2n) is 7.39. The van der Waals surface area contributed by atoms with Crippen molar-refractivity contribution >= 4 is 25.8 Å². The van der Waals surface area contributed by atoms with E-state index in [1.165, 1.54) is 0 Å². The number of hydrogen-bond acceptors (Lipinski definition) is 5. The van der Waals surface area contributed by atoms with Crippen molar-refractivity contribution in [3.8, 4) is 0 Å². The van der Waals surface area contributed by atoms with Gasteiger partial charge in [-0.3, -0.25) is 4.98 Å². The maximum atomic E-state index is 10.7. The second-order valence-corrected chi connectivity index (χ2v) is 11.8. The largest absolute Gasteiger partial charge is 0.257 e. The van der Waals surface area contributed by atoms with Crippen molar-refractivity contribution in [3.05, 3.63) is 60.6 Å². The molecule has 1 aromatic heterocycles. The summed E-state index contributed by atoms with van der Waals surface area (Å²) in [6.45, 7) is 23.4. The van der Waals surface area contributed by atoms with Crippen LogP contribution in [0.3, 0.4) is 0 Å². The van der Waals surface area contributed by atoms with Gasteiger partial charge in [-0.15, -0.1) is 0 Å². The summed E-state index contributed by atoms with van der Waals surface area (Å²) < 4.78 is 42.5. The lowest BCUT2D eigenvalue weighted by Crippen LogP contribution is -2.08. The van der Waals surface area contributed by atoms with Gasteiger partial charge in [-0.2, -0.15) is 0 Å². The average molecular weight is 446 g/mol. The van der Waals surface area contributed by atoms with Gasteiger partial charge in [0.25, 0.3) is 0 Å². The van der Waals surface area contributed by atoms with Crippen LogP contribution in [0.2, 0.25) is 0 Å². The first-order valence-corrected chi connectivity index (χ1v) is 12.7. The summed E-state index contributed by atoms with van der Waals surface area (Å²) in [6.07, 6.45) is 3.47. The molecule has 0 unspecified atom stereocenters. The summed E-state index contributed by atoms with van der Waals surface area (Å²) in [5, 5.41) is 1.66. The molecule has 0 saturated carbocycles. The van der Waals surface area contributed by atoms with Gasteiger partial charge < -0.3 is 0 Å². The lowest BCUT2D eigenvalue weighted by atomic mass is 10.3. The maximum Gasteiger partial charge on any atom is 0.173 e. The summed E-state index contributed by atoms with van der Waals surface area (Å²) in [5.41, 5.74) is 0.924. The van der Waals surface area contributed by atoms with Gasteiger partial charge in [0.1, 0.15) is 0 Å². The molecule has 0 spiro atoms. The Morgan fingerprint density at radius 1 is 0.897 bits per heavy atom. The molecule has 0 aliphatic heterocycles. The first-order chi connectivity index (χ1) is 13.1. The molecule has 0 amide bonds. The molecule has 1 aromatic rings. The van der Waals surface area contributed by atoms with E-state index in [-0.39, 0.29) is 16.9 Å². The van der Waals surface area contributed by atoms with E-state index in [1.807, 2.05) is 32.0 Å². The molecule has 0 atom stereocenters. The number of rotatable bonds is 6. The molecule has 0 saturated heterocycles. The average Bonchev–Trinajstić information content (AvgIpc) is 2.62. The van der Waals surface area contributed by atoms with E-state index in [0.717, 1.165) is 22.4 Å². The monoisotopic (exact) mass is 445 g/mol. The zero-order valence-electron chi connectivity index (χ0n) is 19.0. The smallest absolute Gasteiger partial charge is 0.173 e. The Morgan fingerprint density at radius 2 is 1.38 bits per heavy atom. The van der Waals surface area contributed by atoms with Crippen molar-refractivity contribution in [2.75, 3.05) is 5.75 Å². The highest BCUT2D eigenvalue weighted by molar-refractivity contribution is 7.94. The summed E-state index contributed by atoms with van der Waals surface area (Å²) in [7, 11) is -5.93. The zero-order chi connectivity index (χ0) is 23.7. The van der Waals surface area contributed by atoms with Gasteiger partial charge in [-0.1, -0.05) is 60.4 Å². The Hall–Kier alpha value is -1.73. The number of nitrogens with zero attached hydrogens (tertiary/aromatic N) is 1. The first kappa shape index (κ1) is 31.9. The minimum absolute atomic E-state index is 0.188. The predicted octanol–water partition coefficient (Wildman–Crippen LogP) is 5.54. The molecule has 0 N–H and O–H groups in total. The highest BCUT2D eigenvalue weighted by Gasteiger charge is 2.09. The van der Waals surface area contributed by atoms with Crippen molar-refractivity contribution < 1.29 is 16.8 Å². The molecular formula is C22H39NO4S2. The van der Waals surface area contributed by atoms with E-state index in [0.29, 0.717) is 0 Å². The van der Waals surface area contributed by atoms with Crippen LogP contribution in [-0.2, 0) is 19.7 Å². The van der Waals surface area contributed by atoms with E-state index in [4.69, 9.17) is 0 Å². The van der Waals surface area contributed by atoms with Crippen molar-refractivity contribution in [2.45, 2.75) is 53.7 Å². The molecule has 0 radical (unpaired) electrons. The normalized spacial score (nSPS) is 10.6. The lowest BCUT2D eigenvalue weighted by Gasteiger charge is -1.99. The minimum Gasteiger partial charge on any atom is -0.257 e. The molecule has 0 aliphatic rings. The Balaban J connectivity index is -0.000000321. The molecule has 0 aliphatic carbocycles. The van der Waals surface area contributed by atoms with Crippen LogP contribution >= 0.6 is 0 Å². The summed E-state index contributed by atoms with van der Waals surface area (Å²) in [6, 6.07) is 5.73. The van der Waals surface area contributed by atoms with Crippen molar-refractivity contribution in [1.29, 1.82) is 0 Å². The topological polar surface area (TPSA) is 81.2 Å². The molecule has 0 aromatic carbocycles. The van der Waals surface area contributed by atoms with E-state index < -0.39 is 19.7 Å². The predicted molar refractivity (Wildman–Crippen MR) is 128 cm³/mol. The third kappa shape index (κ3) is 24.2. The molecule has 1 heterocycles. The number of pyridine rings is 1. The van der Waals surface area contributed by atoms with Gasteiger partial charge in [0.15, 0.2) is 19.7 Å². The Kier molecular flexibility index (Phi) is 18.9. The summed E-state index contributed by atoms with van der Waals surface area (Å²) in [5.74, 6) is 1.23. The van der Waals surface area contributed by atoms with Crippen LogP contribution in [0.15, 0.2) is 54.9 Å². The molecule has 0 fully saturated rings. The SMILES string of the molecule is C=CS(=O)(=O)C(C)C.C=CS(=O)(=O)CC(C)C.C=Cc1ccccn1.CC(C)C. The lowest BCUT2D eigenvalue weighted by molar-refractivity contribution is 0.590. The van der Waals surface area contributed by atoms with Crippen molar-refractivity contribution in [1.82, 2.24) is 4.98 Å². The fourth-order valence-corrected chi connectivity index (χ4v) is 2.67. The van der Waals surface area contributed by atoms with Gasteiger partial charge in [0.2, 0.25) is 0 Å². The Bertz CT molecular complexity index is 762. The van der Waals surface area contributed by atoms with Gasteiger partial charge in [-0.25, -0.2) is 16.8 Å². The fraction of sp³-hybridized carbons (Fsp3) is 0.500. The molecule has 7 heteroatoms. The zero-order valence-corrected chi connectivity index (χ0v) is 20.6. The van der Waals surface area contributed by atoms with E-state index in [1.54, 1.807) is 26.1 Å². The van der Waals surface area contributed by atoms with E-state index >= 15 is 0 Å². The van der Waals surface area contributed by atoms with Crippen molar-refractivity contribution in [3.63, 3.8) is 0 Å². The third-order valence-electron chi connectivity index (χ3n) is 2.61. The van der Waals surface area contributed by atoms with E-state index in [2.05, 4.69) is 45.5 Å². The maximum absolute atomic E-state index is 10.7. The molecular weight excluding hydrogens is 406 g/mol. The quantitative estimate of drug-likeness (QED) is 0.574. The minimum atomic E-state index is -2.97. The molecule has 0 bridgehead atoms. The molecule has 5 nitrogen and oxygen atoms in total. The third-order valence-corrected chi connectivity index (χ3v) is 6.02. The van der Waals surface area contributed by atoms with Crippen LogP contribution in [-0.4, -0.2) is 32.8 Å². The van der Waals surface area contributed by atoms with Gasteiger partial charge in [0.05, 0.1) is 16.7 Å². The highest BCUT2D eigenvalue weighted by Crippen LogP contribution is 2.00. The van der Waals surface area contributed by atoms with Crippen LogP contribution in [0.4, 0.5) is 0 Å². The van der Waals surface area contributed by atoms with Gasteiger partial charge in [-0.05, 0) is 43.9 Å². The highest BCUT2D eigenvalue weighted by atomic mass is 32.2. The van der Waals surface area contributed by atoms with Crippen LogP contribution in [0.5, 0.6) is 0 Å². The summed E-state index contributed by atoms with van der Waals surface area (Å²) in [4.78, 5) is 3.98. The Labute approximate surface area is 179 Å². The van der Waals surface area contributed by atoms with Crippen LogP contribution in [0, 0.1) is 11.8 Å². The number of sulfone groups is 2. The fourth-order valence-electron chi connectivity index (χ4n) is 1.22. The molecule has 168 valence electrons. The van der Waals surface area contributed by atoms with Crippen LogP contribution in [0.1, 0.15) is 54.2 Å². The van der Waals surface area contributed by atoms with Gasteiger partial charge >= 0.3 is 0 Å². The standard InChI is InChI=1S/C7H7N.C6H12O2S.C5H10O2S.C4H10/c1-2-7-5-3-4-6-8-7;1-4-9(7,8)5-6(2)3;1-4-8(6,7)5(2)3;1-4(2)3/h2-6H,1H2;4,6H,1,5H2,2-3H3;4-5H,1H2,2-3H3;4H,1-3H3. The van der Waals surface area contributed by atoms with Gasteiger partial charge in [0, 0.05) is 17.0 Å². The van der Waals surface area contributed by atoms with Crippen LogP contribution < -0.4 is 0 Å². The van der Waals surface area contributed by atoms with Crippen LogP contribution in [0.25, 0.3) is 6.08 Å². The second kappa shape index (κ2) is 17.2. The Morgan fingerprint density at radius 3 is 1.52 bits per heavy atom. The number of hydrogen-bond donors (Lipinski definition) is 0. The summed E-state index contributed by atoms with van der Waals surface area (Å²) >= 11 is 0. The first-order valence-electron chi connectivity index (χ1n) is 9.40. The molecule has 29 heavy (non-hydrogen) atoms. The molecule has 1 rings (SSSR count). The van der Waals surface area contributed by atoms with E-state index in [9.17, 15) is 16.8 Å².